The lowest BCUT2D eigenvalue weighted by atomic mass is 9.72. The molecule has 1 saturated heterocycles. The van der Waals surface area contributed by atoms with Gasteiger partial charge in [0.2, 0.25) is 0 Å². The molecule has 6 heteroatoms. The van der Waals surface area contributed by atoms with Gasteiger partial charge in [0.15, 0.2) is 0 Å². The van der Waals surface area contributed by atoms with E-state index in [-0.39, 0.29) is 31.3 Å². The molecule has 128 valence electrons. The summed E-state index contributed by atoms with van der Waals surface area (Å²) in [5.74, 6) is -0.620. The van der Waals surface area contributed by atoms with E-state index in [4.69, 9.17) is 18.9 Å². The van der Waals surface area contributed by atoms with Crippen LogP contribution in [-0.2, 0) is 28.5 Å². The van der Waals surface area contributed by atoms with Crippen LogP contribution in [0.4, 0.5) is 0 Å². The van der Waals surface area contributed by atoms with Gasteiger partial charge in [0, 0.05) is 7.11 Å². The van der Waals surface area contributed by atoms with Crippen molar-refractivity contribution in [2.24, 2.45) is 10.8 Å². The average Bonchev–Trinajstić information content (AvgIpc) is 3.28. The lowest BCUT2D eigenvalue weighted by Crippen LogP contribution is -2.39. The highest BCUT2D eigenvalue weighted by atomic mass is 16.6. The molecule has 0 aromatic rings. The second-order valence-electron chi connectivity index (χ2n) is 6.66. The van der Waals surface area contributed by atoms with Crippen LogP contribution in [0.15, 0.2) is 0 Å². The minimum Gasteiger partial charge on any atom is -0.463 e. The van der Waals surface area contributed by atoms with Gasteiger partial charge >= 0.3 is 11.9 Å². The Kier molecular flexibility index (Phi) is 6.81. The van der Waals surface area contributed by atoms with Crippen molar-refractivity contribution in [2.75, 3.05) is 33.5 Å². The van der Waals surface area contributed by atoms with Crippen molar-refractivity contribution in [3.63, 3.8) is 0 Å². The molecule has 0 saturated carbocycles. The van der Waals surface area contributed by atoms with Crippen molar-refractivity contribution in [1.82, 2.24) is 0 Å². The molecule has 0 amide bonds. The first-order valence-corrected chi connectivity index (χ1v) is 7.70. The fraction of sp³-hybridized carbons (Fsp3) is 0.875. The second kappa shape index (κ2) is 7.92. The first-order valence-electron chi connectivity index (χ1n) is 7.70. The maximum atomic E-state index is 12.3. The van der Waals surface area contributed by atoms with E-state index < -0.39 is 10.8 Å². The van der Waals surface area contributed by atoms with Crippen molar-refractivity contribution in [2.45, 2.75) is 46.6 Å². The number of esters is 2. The highest BCUT2D eigenvalue weighted by Gasteiger charge is 2.43. The summed E-state index contributed by atoms with van der Waals surface area (Å²) in [6.07, 6.45) is 0.996. The molecular formula is C16H28O6. The average molecular weight is 316 g/mol. The van der Waals surface area contributed by atoms with Crippen molar-refractivity contribution in [3.8, 4) is 0 Å². The zero-order chi connectivity index (χ0) is 16.8. The molecule has 1 aliphatic rings. The number of methoxy groups -OCH3 is 1. The number of ether oxygens (including phenoxy) is 4. The molecule has 22 heavy (non-hydrogen) atoms. The van der Waals surface area contributed by atoms with E-state index in [2.05, 4.69) is 0 Å². The van der Waals surface area contributed by atoms with Crippen LogP contribution in [0.5, 0.6) is 0 Å². The fourth-order valence-corrected chi connectivity index (χ4v) is 2.31. The third-order valence-electron chi connectivity index (χ3n) is 3.98. The lowest BCUT2D eigenvalue weighted by molar-refractivity contribution is -0.164. The summed E-state index contributed by atoms with van der Waals surface area (Å²) in [6, 6.07) is 0. The molecular weight excluding hydrogens is 288 g/mol. The molecule has 0 aromatic carbocycles. The molecule has 6 nitrogen and oxygen atoms in total. The predicted molar refractivity (Wildman–Crippen MR) is 80.3 cm³/mol. The minimum absolute atomic E-state index is 0.0390. The van der Waals surface area contributed by atoms with Crippen LogP contribution in [0.2, 0.25) is 0 Å². The van der Waals surface area contributed by atoms with E-state index in [9.17, 15) is 9.59 Å². The molecule has 1 rings (SSSR count). The quantitative estimate of drug-likeness (QED) is 0.348. The van der Waals surface area contributed by atoms with Gasteiger partial charge < -0.3 is 18.9 Å². The van der Waals surface area contributed by atoms with Crippen LogP contribution in [-0.4, -0.2) is 51.6 Å². The van der Waals surface area contributed by atoms with Crippen LogP contribution in [0.25, 0.3) is 0 Å². The van der Waals surface area contributed by atoms with Crippen molar-refractivity contribution in [3.05, 3.63) is 0 Å². The van der Waals surface area contributed by atoms with Gasteiger partial charge in [-0.3, -0.25) is 9.59 Å². The number of carbonyl (C=O) groups excluding carboxylic acids is 2. The molecule has 2 atom stereocenters. The highest BCUT2D eigenvalue weighted by molar-refractivity contribution is 5.80. The highest BCUT2D eigenvalue weighted by Crippen LogP contribution is 2.38. The molecule has 0 aliphatic carbocycles. The molecule has 0 N–H and O–H groups in total. The Morgan fingerprint density at radius 2 is 1.77 bits per heavy atom. The Bertz CT molecular complexity index is 388. The monoisotopic (exact) mass is 316 g/mol. The van der Waals surface area contributed by atoms with Crippen LogP contribution in [0.1, 0.15) is 40.5 Å². The molecule has 1 heterocycles. The standard InChI is InChI=1S/C16H28O6/c1-6-16(4,14(18)22-10-12-9-21-12)11-15(2,3)13(17)20-8-7-19-5/h12H,6-11H2,1-5H3. The Labute approximate surface area is 132 Å². The third-order valence-corrected chi connectivity index (χ3v) is 3.98. The summed E-state index contributed by atoms with van der Waals surface area (Å²) in [5.41, 5.74) is -1.49. The van der Waals surface area contributed by atoms with E-state index in [0.29, 0.717) is 26.1 Å². The number of epoxide rings is 1. The van der Waals surface area contributed by atoms with Gasteiger partial charge in [-0.15, -0.1) is 0 Å². The summed E-state index contributed by atoms with van der Waals surface area (Å²) in [5, 5.41) is 0. The Balaban J connectivity index is 2.59. The van der Waals surface area contributed by atoms with Crippen molar-refractivity contribution >= 4 is 11.9 Å². The molecule has 1 aliphatic heterocycles. The second-order valence-corrected chi connectivity index (χ2v) is 6.66. The smallest absolute Gasteiger partial charge is 0.311 e. The SMILES string of the molecule is CCC(C)(CC(C)(C)C(=O)OCCOC)C(=O)OCC1CO1. The number of hydrogen-bond donors (Lipinski definition) is 0. The Morgan fingerprint density at radius 3 is 2.27 bits per heavy atom. The summed E-state index contributed by atoms with van der Waals surface area (Å²) in [4.78, 5) is 24.5. The van der Waals surface area contributed by atoms with E-state index in [1.165, 1.54) is 0 Å². The topological polar surface area (TPSA) is 74.4 Å². The summed E-state index contributed by atoms with van der Waals surface area (Å²) in [6.45, 7) is 8.82. The summed E-state index contributed by atoms with van der Waals surface area (Å²) < 4.78 is 20.4. The maximum absolute atomic E-state index is 12.3. The van der Waals surface area contributed by atoms with E-state index >= 15 is 0 Å². The van der Waals surface area contributed by atoms with Gasteiger partial charge in [-0.25, -0.2) is 0 Å². The zero-order valence-electron chi connectivity index (χ0n) is 14.3. The van der Waals surface area contributed by atoms with Gasteiger partial charge in [0.25, 0.3) is 0 Å². The molecule has 2 unspecified atom stereocenters. The van der Waals surface area contributed by atoms with Crippen LogP contribution < -0.4 is 0 Å². The van der Waals surface area contributed by atoms with Crippen LogP contribution >= 0.6 is 0 Å². The zero-order valence-corrected chi connectivity index (χ0v) is 14.3. The Morgan fingerprint density at radius 1 is 1.14 bits per heavy atom. The third kappa shape index (κ3) is 5.57. The minimum atomic E-state index is -0.770. The van der Waals surface area contributed by atoms with Gasteiger partial charge in [-0.1, -0.05) is 6.92 Å². The number of hydrogen-bond acceptors (Lipinski definition) is 6. The van der Waals surface area contributed by atoms with Gasteiger partial charge in [-0.05, 0) is 33.6 Å². The number of carbonyl (C=O) groups is 2. The normalized spacial score (nSPS) is 20.1. The van der Waals surface area contributed by atoms with E-state index in [1.54, 1.807) is 21.0 Å². The lowest BCUT2D eigenvalue weighted by Gasteiger charge is -2.33. The predicted octanol–water partition coefficient (Wildman–Crippen LogP) is 1.95. The van der Waals surface area contributed by atoms with Crippen LogP contribution in [0, 0.1) is 10.8 Å². The maximum Gasteiger partial charge on any atom is 0.311 e. The van der Waals surface area contributed by atoms with Gasteiger partial charge in [0.05, 0.1) is 24.0 Å². The van der Waals surface area contributed by atoms with E-state index in [1.807, 2.05) is 13.8 Å². The summed E-state index contributed by atoms with van der Waals surface area (Å²) >= 11 is 0. The first-order chi connectivity index (χ1) is 10.2. The van der Waals surface area contributed by atoms with Crippen LogP contribution in [0.3, 0.4) is 0 Å². The van der Waals surface area contributed by atoms with Gasteiger partial charge in [-0.2, -0.15) is 0 Å². The fourth-order valence-electron chi connectivity index (χ4n) is 2.31. The molecule has 0 spiro atoms. The first kappa shape index (κ1) is 18.9. The molecule has 0 radical (unpaired) electrons. The van der Waals surface area contributed by atoms with E-state index in [0.717, 1.165) is 0 Å². The van der Waals surface area contributed by atoms with Crippen molar-refractivity contribution in [1.29, 1.82) is 0 Å². The largest absolute Gasteiger partial charge is 0.463 e. The molecule has 1 fully saturated rings. The Hall–Kier alpha value is -1.14. The van der Waals surface area contributed by atoms with Crippen molar-refractivity contribution < 1.29 is 28.5 Å². The molecule has 0 bridgehead atoms. The molecule has 0 aromatic heterocycles. The van der Waals surface area contributed by atoms with Gasteiger partial charge in [0.1, 0.15) is 19.3 Å². The summed E-state index contributed by atoms with van der Waals surface area (Å²) in [7, 11) is 1.55. The number of rotatable bonds is 10.